The van der Waals surface area contributed by atoms with E-state index in [1.807, 2.05) is 84.9 Å². The van der Waals surface area contributed by atoms with Gasteiger partial charge in [0.1, 0.15) is 11.8 Å². The SMILES string of the molecule is CCOC(=O)C1=C(c2ccccc2)N=c2s/c(=C/c3ccc(C(C)C)cc3)c(=O)n2C1c1c(OC)ccc2ccccc12. The lowest BCUT2D eigenvalue weighted by Gasteiger charge is -2.28. The summed E-state index contributed by atoms with van der Waals surface area (Å²) in [5, 5.41) is 1.84. The van der Waals surface area contributed by atoms with Gasteiger partial charge in [-0.05, 0) is 46.9 Å². The van der Waals surface area contributed by atoms with E-state index in [4.69, 9.17) is 14.5 Å². The molecule has 1 atom stereocenters. The van der Waals surface area contributed by atoms with Crippen LogP contribution >= 0.6 is 11.3 Å². The largest absolute Gasteiger partial charge is 0.496 e. The van der Waals surface area contributed by atoms with E-state index in [2.05, 4.69) is 26.0 Å². The summed E-state index contributed by atoms with van der Waals surface area (Å²) < 4.78 is 13.7. The number of rotatable bonds is 7. The number of esters is 1. The van der Waals surface area contributed by atoms with Gasteiger partial charge in [-0.3, -0.25) is 9.36 Å². The molecule has 1 aromatic heterocycles. The van der Waals surface area contributed by atoms with Crippen LogP contribution in [0.2, 0.25) is 0 Å². The zero-order chi connectivity index (χ0) is 30.1. The Labute approximate surface area is 253 Å². The van der Waals surface area contributed by atoms with Gasteiger partial charge in [0.25, 0.3) is 5.56 Å². The molecule has 0 N–H and O–H groups in total. The predicted octanol–water partition coefficient (Wildman–Crippen LogP) is 6.22. The molecule has 0 amide bonds. The van der Waals surface area contributed by atoms with Crippen molar-refractivity contribution in [3.05, 3.63) is 139 Å². The van der Waals surface area contributed by atoms with Crippen molar-refractivity contribution in [2.45, 2.75) is 32.7 Å². The van der Waals surface area contributed by atoms with E-state index < -0.39 is 12.0 Å². The molecular weight excluding hydrogens is 556 g/mol. The molecule has 1 aliphatic rings. The lowest BCUT2D eigenvalue weighted by molar-refractivity contribution is -0.138. The van der Waals surface area contributed by atoms with Gasteiger partial charge in [-0.25, -0.2) is 9.79 Å². The highest BCUT2D eigenvalue weighted by Gasteiger charge is 2.37. The third kappa shape index (κ3) is 5.21. The predicted molar refractivity (Wildman–Crippen MR) is 172 cm³/mol. The summed E-state index contributed by atoms with van der Waals surface area (Å²) in [4.78, 5) is 33.7. The molecule has 6 nitrogen and oxygen atoms in total. The second-order valence-electron chi connectivity index (χ2n) is 10.7. The first-order valence-electron chi connectivity index (χ1n) is 14.3. The van der Waals surface area contributed by atoms with E-state index >= 15 is 0 Å². The van der Waals surface area contributed by atoms with E-state index in [9.17, 15) is 9.59 Å². The number of methoxy groups -OCH3 is 1. The highest BCUT2D eigenvalue weighted by molar-refractivity contribution is 7.07. The maximum atomic E-state index is 14.3. The van der Waals surface area contributed by atoms with Gasteiger partial charge in [0.2, 0.25) is 0 Å². The van der Waals surface area contributed by atoms with Crippen LogP contribution in [0.5, 0.6) is 5.75 Å². The molecule has 0 radical (unpaired) electrons. The van der Waals surface area contributed by atoms with Gasteiger partial charge in [0.15, 0.2) is 4.80 Å². The van der Waals surface area contributed by atoms with Crippen molar-refractivity contribution >= 4 is 39.9 Å². The lowest BCUT2D eigenvalue weighted by atomic mass is 9.89. The van der Waals surface area contributed by atoms with Gasteiger partial charge in [-0.15, -0.1) is 0 Å². The minimum absolute atomic E-state index is 0.181. The number of nitrogens with zero attached hydrogens (tertiary/aromatic N) is 2. The molecule has 0 bridgehead atoms. The summed E-state index contributed by atoms with van der Waals surface area (Å²) >= 11 is 1.31. The normalized spacial score (nSPS) is 15.0. The molecule has 6 rings (SSSR count). The Bertz CT molecular complexity index is 2040. The van der Waals surface area contributed by atoms with Crippen molar-refractivity contribution in [2.24, 2.45) is 4.99 Å². The molecular formula is C36H32N2O4S. The standard InChI is InChI=1S/C36H32N2O4S/c1-5-42-35(40)31-32(26-12-7-6-8-13-26)37-36-38(33(31)30-27-14-10-9-11-25(27)19-20-28(30)41-4)34(39)29(43-36)21-23-15-17-24(18-16-23)22(2)3/h6-22,33H,5H2,1-4H3/b29-21+. The molecule has 1 aliphatic heterocycles. The zero-order valence-electron chi connectivity index (χ0n) is 24.5. The van der Waals surface area contributed by atoms with Gasteiger partial charge in [0.05, 0.1) is 29.5 Å². The fourth-order valence-electron chi connectivity index (χ4n) is 5.58. The highest BCUT2D eigenvalue weighted by atomic mass is 32.1. The first-order chi connectivity index (χ1) is 20.9. The van der Waals surface area contributed by atoms with Gasteiger partial charge in [0, 0.05) is 11.1 Å². The zero-order valence-corrected chi connectivity index (χ0v) is 25.4. The molecule has 216 valence electrons. The van der Waals surface area contributed by atoms with Crippen molar-refractivity contribution < 1.29 is 14.3 Å². The topological polar surface area (TPSA) is 69.9 Å². The number of thiazole rings is 1. The van der Waals surface area contributed by atoms with Crippen LogP contribution < -0.4 is 19.6 Å². The van der Waals surface area contributed by atoms with Gasteiger partial charge in [-0.1, -0.05) is 110 Å². The Morgan fingerprint density at radius 2 is 1.70 bits per heavy atom. The van der Waals surface area contributed by atoms with Crippen LogP contribution in [0.4, 0.5) is 0 Å². The molecule has 0 fully saturated rings. The molecule has 0 aliphatic carbocycles. The maximum Gasteiger partial charge on any atom is 0.338 e. The second-order valence-corrected chi connectivity index (χ2v) is 11.7. The number of carbonyl (C=O) groups is 1. The number of carbonyl (C=O) groups excluding carboxylic acids is 1. The van der Waals surface area contributed by atoms with Crippen LogP contribution in [0.25, 0.3) is 22.5 Å². The molecule has 0 spiro atoms. The lowest BCUT2D eigenvalue weighted by Crippen LogP contribution is -2.40. The quantitative estimate of drug-likeness (QED) is 0.212. The van der Waals surface area contributed by atoms with Crippen LogP contribution in [0, 0.1) is 0 Å². The third-order valence-corrected chi connectivity index (χ3v) is 8.68. The van der Waals surface area contributed by atoms with Crippen LogP contribution in [0.15, 0.2) is 106 Å². The molecule has 43 heavy (non-hydrogen) atoms. The van der Waals surface area contributed by atoms with Gasteiger partial charge < -0.3 is 9.47 Å². The summed E-state index contributed by atoms with van der Waals surface area (Å²) in [5.74, 6) is 0.454. The van der Waals surface area contributed by atoms with Crippen LogP contribution in [-0.2, 0) is 9.53 Å². The molecule has 5 aromatic rings. The van der Waals surface area contributed by atoms with Crippen LogP contribution in [0.1, 0.15) is 55.0 Å². The number of aromatic nitrogens is 1. The molecule has 7 heteroatoms. The Balaban J connectivity index is 1.70. The maximum absolute atomic E-state index is 14.3. The number of hydrogen-bond donors (Lipinski definition) is 0. The Hall–Kier alpha value is -4.75. The Kier molecular flexibility index (Phi) is 7.82. The number of fused-ring (bicyclic) bond motifs is 2. The fourth-order valence-corrected chi connectivity index (χ4v) is 6.58. The molecule has 0 saturated heterocycles. The average molecular weight is 589 g/mol. The summed E-state index contributed by atoms with van der Waals surface area (Å²) in [7, 11) is 1.60. The minimum atomic E-state index is -0.836. The van der Waals surface area contributed by atoms with Gasteiger partial charge >= 0.3 is 5.97 Å². The van der Waals surface area contributed by atoms with Crippen LogP contribution in [0.3, 0.4) is 0 Å². The monoisotopic (exact) mass is 588 g/mol. The summed E-state index contributed by atoms with van der Waals surface area (Å²) in [6.07, 6.45) is 1.89. The second kappa shape index (κ2) is 11.9. The number of ether oxygens (including phenoxy) is 2. The van der Waals surface area contributed by atoms with E-state index in [1.165, 1.54) is 16.9 Å². The van der Waals surface area contributed by atoms with E-state index in [-0.39, 0.29) is 12.2 Å². The van der Waals surface area contributed by atoms with Crippen molar-refractivity contribution in [3.8, 4) is 5.75 Å². The Morgan fingerprint density at radius 1 is 0.977 bits per heavy atom. The summed E-state index contributed by atoms with van der Waals surface area (Å²) in [6.45, 7) is 6.26. The minimum Gasteiger partial charge on any atom is -0.496 e. The fraction of sp³-hybridized carbons (Fsp3) is 0.194. The van der Waals surface area contributed by atoms with E-state index in [0.29, 0.717) is 37.8 Å². The summed E-state index contributed by atoms with van der Waals surface area (Å²) in [5.41, 5.74) is 4.16. The van der Waals surface area contributed by atoms with Gasteiger partial charge in [-0.2, -0.15) is 0 Å². The summed E-state index contributed by atoms with van der Waals surface area (Å²) in [6, 6.07) is 28.7. The Morgan fingerprint density at radius 3 is 2.40 bits per heavy atom. The first kappa shape index (κ1) is 28.4. The first-order valence-corrected chi connectivity index (χ1v) is 15.2. The highest BCUT2D eigenvalue weighted by Crippen LogP contribution is 2.42. The van der Waals surface area contributed by atoms with Crippen molar-refractivity contribution in [2.75, 3.05) is 13.7 Å². The molecule has 4 aromatic carbocycles. The smallest absolute Gasteiger partial charge is 0.338 e. The van der Waals surface area contributed by atoms with Crippen LogP contribution in [-0.4, -0.2) is 24.3 Å². The van der Waals surface area contributed by atoms with Crippen molar-refractivity contribution in [1.29, 1.82) is 0 Å². The van der Waals surface area contributed by atoms with Crippen molar-refractivity contribution in [1.82, 2.24) is 4.57 Å². The van der Waals surface area contributed by atoms with Crippen molar-refractivity contribution in [3.63, 3.8) is 0 Å². The molecule has 1 unspecified atom stereocenters. The number of hydrogen-bond acceptors (Lipinski definition) is 6. The molecule has 0 saturated carbocycles. The van der Waals surface area contributed by atoms with E-state index in [0.717, 1.165) is 21.9 Å². The third-order valence-electron chi connectivity index (χ3n) is 7.70. The average Bonchev–Trinajstić information content (AvgIpc) is 3.34. The molecule has 2 heterocycles. The van der Waals surface area contributed by atoms with E-state index in [1.54, 1.807) is 18.6 Å². The number of benzene rings is 4.